The minimum atomic E-state index is -1.08. The Morgan fingerprint density at radius 1 is 1.55 bits per heavy atom. The zero-order valence-electron chi connectivity index (χ0n) is 6.41. The highest BCUT2D eigenvalue weighted by Gasteiger charge is 2.04. The first-order chi connectivity index (χ1) is 5.24. The molecule has 0 saturated heterocycles. The van der Waals surface area contributed by atoms with Crippen molar-refractivity contribution in [3.8, 4) is 5.88 Å². The average Bonchev–Trinajstić information content (AvgIpc) is 2.05. The summed E-state index contributed by atoms with van der Waals surface area (Å²) < 4.78 is 17.3. The third-order valence-electron chi connectivity index (χ3n) is 1.28. The van der Waals surface area contributed by atoms with Gasteiger partial charge in [0.1, 0.15) is 6.07 Å². The lowest BCUT2D eigenvalue weighted by molar-refractivity contribution is 0.386. The van der Waals surface area contributed by atoms with E-state index >= 15 is 0 Å². The molecule has 0 radical (unpaired) electrons. The van der Waals surface area contributed by atoms with Gasteiger partial charge < -0.3 is 4.74 Å². The van der Waals surface area contributed by atoms with Gasteiger partial charge in [0.25, 0.3) is 0 Å². The number of aromatic nitrogens is 2. The quantitative estimate of drug-likeness (QED) is 0.566. The molecule has 1 atom stereocenters. The molecule has 0 aliphatic carbocycles. The average molecular weight is 154 g/mol. The Labute approximate surface area is 65.0 Å². The Kier molecular flexibility index (Phi) is 2.41. The third kappa shape index (κ3) is 1.90. The maximum absolute atomic E-state index is 12.5. The first kappa shape index (κ1) is 7.98. The normalized spacial score (nSPS) is 12.5. The van der Waals surface area contributed by atoms with Crippen LogP contribution in [0.3, 0.4) is 0 Å². The first-order valence-corrected chi connectivity index (χ1v) is 3.25. The molecule has 1 rings (SSSR count). The van der Waals surface area contributed by atoms with E-state index in [0.29, 0.717) is 11.6 Å². The summed E-state index contributed by atoms with van der Waals surface area (Å²) in [5, 5.41) is 7.21. The molecule has 5 heteroatoms. The Morgan fingerprint density at radius 3 is 2.64 bits per heavy atom. The highest BCUT2D eigenvalue weighted by molar-refractivity contribution is 6.11. The number of nitrogens with zero attached hydrogens (tertiary/aromatic N) is 2. The molecule has 0 saturated carbocycles. The molecule has 1 unspecified atom stereocenters. The van der Waals surface area contributed by atoms with Crippen LogP contribution in [0.4, 0.5) is 4.39 Å². The lowest BCUT2D eigenvalue weighted by Gasteiger charge is -2.00. The number of hydrogen-bond donors (Lipinski definition) is 0. The van der Waals surface area contributed by atoms with Crippen LogP contribution in [0, 0.1) is 0 Å². The summed E-state index contributed by atoms with van der Waals surface area (Å²) in [4.78, 5) is 0. The summed E-state index contributed by atoms with van der Waals surface area (Å²) in [6.45, 7) is 0. The molecule has 0 spiro atoms. The van der Waals surface area contributed by atoms with Gasteiger partial charge in [-0.2, -0.15) is 0 Å². The maximum Gasteiger partial charge on any atom is 0.233 e. The van der Waals surface area contributed by atoms with Crippen LogP contribution in [0.1, 0.15) is 11.8 Å². The van der Waals surface area contributed by atoms with E-state index in [2.05, 4.69) is 10.2 Å². The summed E-state index contributed by atoms with van der Waals surface area (Å²) in [6, 6.07) is 3.13. The van der Waals surface area contributed by atoms with Crippen molar-refractivity contribution in [2.45, 2.75) is 6.07 Å². The zero-order chi connectivity index (χ0) is 8.27. The summed E-state index contributed by atoms with van der Waals surface area (Å²) >= 11 is 0. The molecule has 1 aromatic rings. The molecular weight excluding hydrogens is 146 g/mol. The van der Waals surface area contributed by atoms with Gasteiger partial charge in [-0.05, 0) is 6.07 Å². The standard InChI is InChI=1S/C6H8BFN2O/c1-11-5-3-2-4(6(7)8)9-10-5/h2-3,6H,7H2,1H3. The van der Waals surface area contributed by atoms with Gasteiger partial charge in [0, 0.05) is 6.07 Å². The predicted molar refractivity (Wildman–Crippen MR) is 41.0 cm³/mol. The second-order valence-electron chi connectivity index (χ2n) is 2.12. The molecular formula is C6H8BFN2O. The number of hydrogen-bond acceptors (Lipinski definition) is 3. The van der Waals surface area contributed by atoms with Gasteiger partial charge in [-0.25, -0.2) is 0 Å². The molecule has 11 heavy (non-hydrogen) atoms. The minimum Gasteiger partial charge on any atom is -0.480 e. The van der Waals surface area contributed by atoms with E-state index in [9.17, 15) is 4.39 Å². The summed E-state index contributed by atoms with van der Waals surface area (Å²) in [5.41, 5.74) is 0.325. The van der Waals surface area contributed by atoms with Gasteiger partial charge in [-0.15, -0.1) is 10.2 Å². The fourth-order valence-corrected chi connectivity index (χ4v) is 0.651. The van der Waals surface area contributed by atoms with Crippen molar-refractivity contribution in [1.82, 2.24) is 10.2 Å². The molecule has 0 aliphatic rings. The Balaban J connectivity index is 2.83. The first-order valence-electron chi connectivity index (χ1n) is 3.25. The van der Waals surface area contributed by atoms with Crippen LogP contribution < -0.4 is 4.74 Å². The van der Waals surface area contributed by atoms with Crippen molar-refractivity contribution in [3.05, 3.63) is 17.8 Å². The molecule has 0 fully saturated rings. The summed E-state index contributed by atoms with van der Waals surface area (Å²) in [5.74, 6) is 0.398. The lowest BCUT2D eigenvalue weighted by atomic mass is 9.99. The zero-order valence-corrected chi connectivity index (χ0v) is 6.41. The number of methoxy groups -OCH3 is 1. The number of rotatable bonds is 2. The van der Waals surface area contributed by atoms with Crippen molar-refractivity contribution in [2.75, 3.05) is 7.11 Å². The van der Waals surface area contributed by atoms with Crippen LogP contribution in [0.5, 0.6) is 5.88 Å². The number of halogens is 1. The highest BCUT2D eigenvalue weighted by Crippen LogP contribution is 2.11. The van der Waals surface area contributed by atoms with Crippen molar-refractivity contribution in [3.63, 3.8) is 0 Å². The predicted octanol–water partition coefficient (Wildman–Crippen LogP) is 0.0864. The smallest absolute Gasteiger partial charge is 0.233 e. The lowest BCUT2D eigenvalue weighted by Crippen LogP contribution is -1.98. The van der Waals surface area contributed by atoms with E-state index in [1.165, 1.54) is 15.0 Å². The molecule has 0 N–H and O–H groups in total. The molecule has 3 nitrogen and oxygen atoms in total. The Morgan fingerprint density at radius 2 is 2.27 bits per heavy atom. The SMILES string of the molecule is BC(F)c1ccc(OC)nn1. The Hall–Kier alpha value is -1.13. The number of alkyl halides is 1. The molecule has 1 heterocycles. The highest BCUT2D eigenvalue weighted by atomic mass is 19.1. The third-order valence-corrected chi connectivity index (χ3v) is 1.28. The van der Waals surface area contributed by atoms with E-state index in [-0.39, 0.29) is 0 Å². The van der Waals surface area contributed by atoms with Crippen molar-refractivity contribution in [1.29, 1.82) is 0 Å². The largest absolute Gasteiger partial charge is 0.480 e. The molecule has 0 aromatic carbocycles. The van der Waals surface area contributed by atoms with Crippen LogP contribution in [0.25, 0.3) is 0 Å². The van der Waals surface area contributed by atoms with Crippen LogP contribution in [-0.4, -0.2) is 25.2 Å². The van der Waals surface area contributed by atoms with E-state index in [4.69, 9.17) is 4.74 Å². The molecule has 58 valence electrons. The summed E-state index contributed by atoms with van der Waals surface area (Å²) in [7, 11) is 2.90. The molecule has 0 bridgehead atoms. The summed E-state index contributed by atoms with van der Waals surface area (Å²) in [6.07, 6.45) is -1.08. The topological polar surface area (TPSA) is 35.0 Å². The van der Waals surface area contributed by atoms with E-state index in [0.717, 1.165) is 0 Å². The second kappa shape index (κ2) is 3.32. The van der Waals surface area contributed by atoms with E-state index in [1.807, 2.05) is 0 Å². The van der Waals surface area contributed by atoms with Gasteiger partial charge in [0.2, 0.25) is 5.88 Å². The van der Waals surface area contributed by atoms with Crippen molar-refractivity contribution >= 4 is 7.85 Å². The van der Waals surface area contributed by atoms with Crippen LogP contribution in [0.15, 0.2) is 12.1 Å². The minimum absolute atomic E-state index is 0.325. The van der Waals surface area contributed by atoms with E-state index < -0.39 is 6.07 Å². The fraction of sp³-hybridized carbons (Fsp3) is 0.333. The van der Waals surface area contributed by atoms with Crippen LogP contribution >= 0.6 is 0 Å². The maximum atomic E-state index is 12.5. The second-order valence-corrected chi connectivity index (χ2v) is 2.12. The Bertz CT molecular complexity index is 227. The molecule has 0 aliphatic heterocycles. The fourth-order valence-electron chi connectivity index (χ4n) is 0.651. The van der Waals surface area contributed by atoms with Gasteiger partial charge in [0.15, 0.2) is 7.85 Å². The van der Waals surface area contributed by atoms with Gasteiger partial charge >= 0.3 is 0 Å². The van der Waals surface area contributed by atoms with Crippen molar-refractivity contribution < 1.29 is 9.13 Å². The van der Waals surface area contributed by atoms with Gasteiger partial charge in [-0.1, -0.05) is 0 Å². The van der Waals surface area contributed by atoms with Crippen LogP contribution in [-0.2, 0) is 0 Å². The van der Waals surface area contributed by atoms with Gasteiger partial charge in [-0.3, -0.25) is 4.39 Å². The van der Waals surface area contributed by atoms with E-state index in [1.54, 1.807) is 12.1 Å². The monoisotopic (exact) mass is 154 g/mol. The van der Waals surface area contributed by atoms with Crippen molar-refractivity contribution in [2.24, 2.45) is 0 Å². The van der Waals surface area contributed by atoms with Crippen LogP contribution in [0.2, 0.25) is 0 Å². The number of ether oxygens (including phenoxy) is 1. The molecule has 0 amide bonds. The van der Waals surface area contributed by atoms with Gasteiger partial charge in [0.05, 0.1) is 12.8 Å². The molecule has 1 aromatic heterocycles.